The fraction of sp³-hybridized carbons (Fsp3) is 0.500. The van der Waals surface area contributed by atoms with E-state index in [9.17, 15) is 4.79 Å². The van der Waals surface area contributed by atoms with Crippen LogP contribution in [0.1, 0.15) is 32.1 Å². The lowest BCUT2D eigenvalue weighted by atomic mass is 9.88. The Labute approximate surface area is 72.2 Å². The van der Waals surface area contributed by atoms with Gasteiger partial charge in [-0.3, -0.25) is 0 Å². The highest BCUT2D eigenvalue weighted by Crippen LogP contribution is 2.20. The van der Waals surface area contributed by atoms with E-state index in [1.54, 1.807) is 13.0 Å². The minimum Gasteiger partial charge on any atom is -0.428 e. The van der Waals surface area contributed by atoms with Crippen LogP contribution < -0.4 is 5.63 Å². The molecule has 0 amide bonds. The topological polar surface area (TPSA) is 30.2 Å². The average Bonchev–Trinajstić information content (AvgIpc) is 1.82. The molecule has 0 unspecified atom stereocenters. The first kappa shape index (κ1) is 9.04. The van der Waals surface area contributed by atoms with Gasteiger partial charge in [0.15, 0.2) is 0 Å². The molecule has 1 aromatic rings. The molecule has 0 bridgehead atoms. The van der Waals surface area contributed by atoms with Gasteiger partial charge >= 0.3 is 5.63 Å². The number of aryl methyl sites for hydroxylation is 1. The monoisotopic (exact) mass is 166 g/mol. The van der Waals surface area contributed by atoms with Gasteiger partial charge in [0.2, 0.25) is 0 Å². The summed E-state index contributed by atoms with van der Waals surface area (Å²) in [6, 6.07) is 3.45. The van der Waals surface area contributed by atoms with E-state index >= 15 is 0 Å². The molecular formula is C10H14O2. The largest absolute Gasteiger partial charge is 0.428 e. The molecule has 0 aliphatic rings. The summed E-state index contributed by atoms with van der Waals surface area (Å²) in [7, 11) is 0. The minimum absolute atomic E-state index is 0.0146. The van der Waals surface area contributed by atoms with E-state index in [4.69, 9.17) is 4.42 Å². The molecule has 2 heteroatoms. The van der Waals surface area contributed by atoms with Crippen molar-refractivity contribution in [2.24, 2.45) is 0 Å². The second-order valence-corrected chi connectivity index (χ2v) is 4.03. The van der Waals surface area contributed by atoms with E-state index < -0.39 is 0 Å². The van der Waals surface area contributed by atoms with E-state index in [1.165, 1.54) is 0 Å². The number of hydrogen-bond acceptors (Lipinski definition) is 2. The van der Waals surface area contributed by atoms with Gasteiger partial charge in [-0.2, -0.15) is 0 Å². The molecule has 66 valence electrons. The Bertz CT molecular complexity index is 328. The van der Waals surface area contributed by atoms with Gasteiger partial charge in [0.25, 0.3) is 0 Å². The van der Waals surface area contributed by atoms with E-state index in [0.717, 1.165) is 5.56 Å². The van der Waals surface area contributed by atoms with Gasteiger partial charge in [-0.15, -0.1) is 0 Å². The molecule has 1 heterocycles. The van der Waals surface area contributed by atoms with Crippen LogP contribution in [0.25, 0.3) is 0 Å². The second-order valence-electron chi connectivity index (χ2n) is 4.03. The molecule has 12 heavy (non-hydrogen) atoms. The van der Waals surface area contributed by atoms with Gasteiger partial charge in [0, 0.05) is 6.07 Å². The molecule has 0 aliphatic carbocycles. The Morgan fingerprint density at radius 3 is 2.25 bits per heavy atom. The van der Waals surface area contributed by atoms with Crippen LogP contribution in [0.5, 0.6) is 0 Å². The zero-order valence-electron chi connectivity index (χ0n) is 7.97. The van der Waals surface area contributed by atoms with E-state index in [2.05, 4.69) is 20.8 Å². The van der Waals surface area contributed by atoms with Gasteiger partial charge in [0.1, 0.15) is 5.76 Å². The lowest BCUT2D eigenvalue weighted by Crippen LogP contribution is -2.14. The third kappa shape index (κ3) is 1.97. The van der Waals surface area contributed by atoms with Crippen LogP contribution in [0.15, 0.2) is 21.3 Å². The molecule has 0 aromatic carbocycles. The van der Waals surface area contributed by atoms with Crippen LogP contribution >= 0.6 is 0 Å². The predicted molar refractivity (Wildman–Crippen MR) is 48.4 cm³/mol. The molecule has 0 spiro atoms. The zero-order valence-corrected chi connectivity index (χ0v) is 7.97. The first-order valence-electron chi connectivity index (χ1n) is 4.02. The minimum atomic E-state index is -0.264. The summed E-state index contributed by atoms with van der Waals surface area (Å²) in [6.07, 6.45) is 0. The van der Waals surface area contributed by atoms with Gasteiger partial charge < -0.3 is 4.42 Å². The van der Waals surface area contributed by atoms with E-state index in [0.29, 0.717) is 5.76 Å². The summed E-state index contributed by atoms with van der Waals surface area (Å²) in [6.45, 7) is 8.00. The van der Waals surface area contributed by atoms with Crippen molar-refractivity contribution < 1.29 is 4.42 Å². The van der Waals surface area contributed by atoms with E-state index in [1.807, 2.05) is 6.07 Å². The maximum absolute atomic E-state index is 11.0. The average molecular weight is 166 g/mol. The SMILES string of the molecule is Cc1cc(C(C)(C)C)cc(=O)o1. The maximum atomic E-state index is 11.0. The van der Waals surface area contributed by atoms with Crippen molar-refractivity contribution in [1.82, 2.24) is 0 Å². The molecular weight excluding hydrogens is 152 g/mol. The van der Waals surface area contributed by atoms with Crippen molar-refractivity contribution in [2.45, 2.75) is 33.1 Å². The molecule has 0 N–H and O–H groups in total. The Morgan fingerprint density at radius 2 is 1.83 bits per heavy atom. The molecule has 0 saturated heterocycles. The molecule has 0 aliphatic heterocycles. The van der Waals surface area contributed by atoms with Crippen molar-refractivity contribution in [3.8, 4) is 0 Å². The second kappa shape index (κ2) is 2.77. The van der Waals surface area contributed by atoms with Crippen LogP contribution in [0.2, 0.25) is 0 Å². The smallest absolute Gasteiger partial charge is 0.336 e. The van der Waals surface area contributed by atoms with Crippen LogP contribution in [0, 0.1) is 6.92 Å². The third-order valence-electron chi connectivity index (χ3n) is 1.76. The fourth-order valence-electron chi connectivity index (χ4n) is 1.04. The van der Waals surface area contributed by atoms with Gasteiger partial charge in [-0.05, 0) is 24.0 Å². The number of hydrogen-bond donors (Lipinski definition) is 0. The zero-order chi connectivity index (χ0) is 9.35. The highest BCUT2D eigenvalue weighted by Gasteiger charge is 2.14. The lowest BCUT2D eigenvalue weighted by molar-refractivity contribution is 0.467. The highest BCUT2D eigenvalue weighted by molar-refractivity contribution is 5.21. The summed E-state index contributed by atoms with van der Waals surface area (Å²) in [5.74, 6) is 0.674. The first-order chi connectivity index (χ1) is 5.39. The summed E-state index contributed by atoms with van der Waals surface area (Å²) >= 11 is 0. The lowest BCUT2D eigenvalue weighted by Gasteiger charge is -2.18. The van der Waals surface area contributed by atoms with Crippen molar-refractivity contribution in [1.29, 1.82) is 0 Å². The molecule has 1 rings (SSSR count). The van der Waals surface area contributed by atoms with Gasteiger partial charge in [0.05, 0.1) is 0 Å². The summed E-state index contributed by atoms with van der Waals surface area (Å²) in [5, 5.41) is 0. The summed E-state index contributed by atoms with van der Waals surface area (Å²) < 4.78 is 4.86. The number of rotatable bonds is 0. The van der Waals surface area contributed by atoms with Crippen molar-refractivity contribution in [3.05, 3.63) is 33.9 Å². The maximum Gasteiger partial charge on any atom is 0.336 e. The quantitative estimate of drug-likeness (QED) is 0.591. The van der Waals surface area contributed by atoms with Gasteiger partial charge in [-0.1, -0.05) is 20.8 Å². The van der Waals surface area contributed by atoms with Crippen LogP contribution in [-0.4, -0.2) is 0 Å². The van der Waals surface area contributed by atoms with Crippen LogP contribution in [0.3, 0.4) is 0 Å². The molecule has 0 radical (unpaired) electrons. The molecule has 1 aromatic heterocycles. The summed E-state index contributed by atoms with van der Waals surface area (Å²) in [4.78, 5) is 11.0. The standard InChI is InChI=1S/C10H14O2/c1-7-5-8(10(2,3)4)6-9(11)12-7/h5-6H,1-4H3. The Kier molecular flexibility index (Phi) is 2.09. The Morgan fingerprint density at radius 1 is 1.25 bits per heavy atom. The molecule has 0 atom stereocenters. The first-order valence-corrected chi connectivity index (χ1v) is 4.02. The van der Waals surface area contributed by atoms with Crippen molar-refractivity contribution in [2.75, 3.05) is 0 Å². The molecule has 2 nitrogen and oxygen atoms in total. The highest BCUT2D eigenvalue weighted by atomic mass is 16.4. The van der Waals surface area contributed by atoms with Crippen LogP contribution in [-0.2, 0) is 5.41 Å². The van der Waals surface area contributed by atoms with Crippen LogP contribution in [0.4, 0.5) is 0 Å². The third-order valence-corrected chi connectivity index (χ3v) is 1.76. The molecule has 0 fully saturated rings. The molecule has 0 saturated carbocycles. The van der Waals surface area contributed by atoms with Crippen molar-refractivity contribution >= 4 is 0 Å². The fourth-order valence-corrected chi connectivity index (χ4v) is 1.04. The van der Waals surface area contributed by atoms with Crippen molar-refractivity contribution in [3.63, 3.8) is 0 Å². The van der Waals surface area contributed by atoms with E-state index in [-0.39, 0.29) is 11.0 Å². The van der Waals surface area contributed by atoms with Gasteiger partial charge in [-0.25, -0.2) is 4.79 Å². The predicted octanol–water partition coefficient (Wildman–Crippen LogP) is 2.25. The Balaban J connectivity index is 3.27. The Hall–Kier alpha value is -1.05. The summed E-state index contributed by atoms with van der Waals surface area (Å²) in [5.41, 5.74) is 0.775. The normalized spacial score (nSPS) is 11.7.